The van der Waals surface area contributed by atoms with Crippen molar-refractivity contribution in [2.24, 2.45) is 0 Å². The Balaban J connectivity index is 2.35. The zero-order chi connectivity index (χ0) is 19.4. The van der Waals surface area contributed by atoms with Gasteiger partial charge in [-0.3, -0.25) is 4.79 Å². The van der Waals surface area contributed by atoms with Crippen LogP contribution in [0.25, 0.3) is 0 Å². The Morgan fingerprint density at radius 2 is 1.85 bits per heavy atom. The number of aliphatic hydroxyl groups excluding tert-OH is 1. The molecule has 9 heteroatoms. The summed E-state index contributed by atoms with van der Waals surface area (Å²) in [5, 5.41) is 11.7. The molecule has 1 rings (SSSR count). The number of ether oxygens (including phenoxy) is 2. The molecule has 26 heavy (non-hydrogen) atoms. The van der Waals surface area contributed by atoms with Gasteiger partial charge in [0.2, 0.25) is 7.85 Å². The van der Waals surface area contributed by atoms with E-state index in [1.165, 1.54) is 9.80 Å². The summed E-state index contributed by atoms with van der Waals surface area (Å²) in [6.45, 7) is 1.38. The fourth-order valence-corrected chi connectivity index (χ4v) is 2.06. The van der Waals surface area contributed by atoms with E-state index in [0.29, 0.717) is 0 Å². The van der Waals surface area contributed by atoms with Crippen molar-refractivity contribution in [3.05, 3.63) is 29.8 Å². The van der Waals surface area contributed by atoms with Crippen LogP contribution in [0.5, 0.6) is 0 Å². The molecule has 0 heterocycles. The van der Waals surface area contributed by atoms with Crippen LogP contribution in [0.4, 0.5) is 15.3 Å². The molecule has 0 saturated heterocycles. The van der Waals surface area contributed by atoms with Gasteiger partial charge < -0.3 is 29.7 Å². The Morgan fingerprint density at radius 1 is 1.15 bits per heavy atom. The number of aliphatic hydroxyl groups is 1. The minimum Gasteiger partial charge on any atom is -0.445 e. The van der Waals surface area contributed by atoms with Gasteiger partial charge in [0.1, 0.15) is 6.61 Å². The van der Waals surface area contributed by atoms with Crippen molar-refractivity contribution in [2.45, 2.75) is 6.61 Å². The van der Waals surface area contributed by atoms with E-state index in [-0.39, 0.29) is 46.1 Å². The zero-order valence-corrected chi connectivity index (χ0v) is 15.3. The lowest BCUT2D eigenvalue weighted by Crippen LogP contribution is -2.40. The monoisotopic (exact) mass is 363 g/mol. The van der Waals surface area contributed by atoms with Crippen LogP contribution in [0.1, 0.15) is 5.56 Å². The van der Waals surface area contributed by atoms with Crippen LogP contribution < -0.4 is 5.32 Å². The van der Waals surface area contributed by atoms with Crippen molar-refractivity contribution in [1.29, 1.82) is 0 Å². The normalized spacial score (nSPS) is 10.3. The molecule has 0 aliphatic carbocycles. The fraction of sp³-hybridized carbons (Fsp3) is 0.529. The summed E-state index contributed by atoms with van der Waals surface area (Å²) < 4.78 is 10.4. The first kappa shape index (κ1) is 21.8. The summed E-state index contributed by atoms with van der Waals surface area (Å²) in [5.74, 6) is -0.594. The highest BCUT2D eigenvalue weighted by molar-refractivity contribution is 6.56. The molecule has 0 bridgehead atoms. The van der Waals surface area contributed by atoms with E-state index in [0.717, 1.165) is 11.3 Å². The number of hydrogen-bond acceptors (Lipinski definition) is 6. The van der Waals surface area contributed by atoms with Crippen LogP contribution in [0.3, 0.4) is 0 Å². The smallest absolute Gasteiger partial charge is 0.409 e. The molecule has 8 nitrogen and oxygen atoms in total. The van der Waals surface area contributed by atoms with Crippen molar-refractivity contribution < 1.29 is 24.2 Å². The van der Waals surface area contributed by atoms with Gasteiger partial charge in [-0.05, 0) is 17.7 Å². The average molecular weight is 363 g/mol. The Kier molecular flexibility index (Phi) is 10.2. The third kappa shape index (κ3) is 8.22. The highest BCUT2D eigenvalue weighted by Crippen LogP contribution is 2.10. The maximum absolute atomic E-state index is 12.0. The van der Waals surface area contributed by atoms with E-state index in [9.17, 15) is 9.59 Å². The molecule has 0 aromatic heterocycles. The molecular formula is C17H26BN3O5. The van der Waals surface area contributed by atoms with Gasteiger partial charge in [0.05, 0.1) is 19.8 Å². The number of nitrogens with zero attached hydrogens (tertiary/aromatic N) is 2. The van der Waals surface area contributed by atoms with Crippen LogP contribution in [0.2, 0.25) is 0 Å². The van der Waals surface area contributed by atoms with E-state index in [1.807, 2.05) is 31.3 Å². The lowest BCUT2D eigenvalue weighted by atomic mass is 10.1. The molecule has 1 aromatic carbocycles. The summed E-state index contributed by atoms with van der Waals surface area (Å²) in [5.41, 5.74) is 1.86. The van der Waals surface area contributed by atoms with Gasteiger partial charge in [-0.15, -0.1) is 0 Å². The van der Waals surface area contributed by atoms with Crippen LogP contribution in [-0.4, -0.2) is 88.2 Å². The van der Waals surface area contributed by atoms with Gasteiger partial charge in [0.25, 0.3) is 0 Å². The molecule has 0 atom stereocenters. The third-order valence-corrected chi connectivity index (χ3v) is 3.67. The van der Waals surface area contributed by atoms with E-state index in [4.69, 9.17) is 22.4 Å². The number of anilines is 1. The lowest BCUT2D eigenvalue weighted by Gasteiger charge is -2.25. The van der Waals surface area contributed by atoms with Crippen LogP contribution >= 0.6 is 0 Å². The maximum atomic E-state index is 12.0. The Morgan fingerprint density at radius 3 is 2.42 bits per heavy atom. The van der Waals surface area contributed by atoms with Crippen LogP contribution in [-0.2, 0) is 16.1 Å². The highest BCUT2D eigenvalue weighted by atomic mass is 16.6. The Bertz CT molecular complexity index is 556. The standard InChI is InChI=1S/C17H26BN3O5/c1-19-15-5-3-14(4-6-15)13-26-17(24)20(2)7-8-21(16(18)23)9-11-25-12-10-22/h3-6,19,22H,7-13H2,1-2H3. The molecule has 2 radical (unpaired) electrons. The van der Waals surface area contributed by atoms with Gasteiger partial charge in [-0.2, -0.15) is 0 Å². The Hall–Kier alpha value is -2.26. The van der Waals surface area contributed by atoms with Gasteiger partial charge in [-0.1, -0.05) is 12.1 Å². The molecule has 0 fully saturated rings. The quantitative estimate of drug-likeness (QED) is 0.448. The van der Waals surface area contributed by atoms with Gasteiger partial charge >= 0.3 is 6.09 Å². The minimum atomic E-state index is -0.594. The second kappa shape index (κ2) is 12.2. The number of carbonyl (C=O) groups is 2. The number of carbonyl (C=O) groups excluding carboxylic acids is 2. The van der Waals surface area contributed by atoms with E-state index < -0.39 is 11.9 Å². The summed E-state index contributed by atoms with van der Waals surface area (Å²) in [6.07, 6.45) is -0.483. The molecule has 0 aliphatic rings. The summed E-state index contributed by atoms with van der Waals surface area (Å²) in [6, 6.07) is 7.55. The molecule has 1 aromatic rings. The Labute approximate surface area is 155 Å². The van der Waals surface area contributed by atoms with E-state index in [2.05, 4.69) is 5.32 Å². The fourth-order valence-electron chi connectivity index (χ4n) is 2.06. The largest absolute Gasteiger partial charge is 0.445 e. The topological polar surface area (TPSA) is 91.3 Å². The first-order valence-electron chi connectivity index (χ1n) is 8.35. The number of amides is 2. The maximum Gasteiger partial charge on any atom is 0.409 e. The number of benzene rings is 1. The predicted molar refractivity (Wildman–Crippen MR) is 99.4 cm³/mol. The first-order valence-corrected chi connectivity index (χ1v) is 8.35. The molecule has 2 amide bonds. The lowest BCUT2D eigenvalue weighted by molar-refractivity contribution is 0.0773. The second-order valence-electron chi connectivity index (χ2n) is 5.58. The van der Waals surface area contributed by atoms with E-state index in [1.54, 1.807) is 7.05 Å². The van der Waals surface area contributed by atoms with Crippen LogP contribution in [0, 0.1) is 0 Å². The van der Waals surface area contributed by atoms with Gasteiger partial charge in [0, 0.05) is 39.4 Å². The second-order valence-corrected chi connectivity index (χ2v) is 5.58. The minimum absolute atomic E-state index is 0.0805. The number of rotatable bonds is 11. The summed E-state index contributed by atoms with van der Waals surface area (Å²) in [7, 11) is 8.74. The molecule has 142 valence electrons. The molecule has 0 saturated carbocycles. The van der Waals surface area contributed by atoms with Crippen LogP contribution in [0.15, 0.2) is 24.3 Å². The molecule has 0 unspecified atom stereocenters. The summed E-state index contributed by atoms with van der Waals surface area (Å²) >= 11 is 0. The van der Waals surface area contributed by atoms with Crippen molar-refractivity contribution in [3.63, 3.8) is 0 Å². The van der Waals surface area contributed by atoms with E-state index >= 15 is 0 Å². The summed E-state index contributed by atoms with van der Waals surface area (Å²) in [4.78, 5) is 26.2. The third-order valence-electron chi connectivity index (χ3n) is 3.67. The first-order chi connectivity index (χ1) is 12.5. The highest BCUT2D eigenvalue weighted by Gasteiger charge is 2.14. The number of hydrogen-bond donors (Lipinski definition) is 2. The van der Waals surface area contributed by atoms with Gasteiger partial charge in [0.15, 0.2) is 5.81 Å². The molecule has 0 spiro atoms. The van der Waals surface area contributed by atoms with Crippen molar-refractivity contribution >= 4 is 25.4 Å². The number of nitrogens with one attached hydrogen (secondary N) is 1. The van der Waals surface area contributed by atoms with Crippen molar-refractivity contribution in [2.75, 3.05) is 58.9 Å². The predicted octanol–water partition coefficient (Wildman–Crippen LogP) is 0.896. The van der Waals surface area contributed by atoms with Crippen molar-refractivity contribution in [3.8, 4) is 0 Å². The molecular weight excluding hydrogens is 337 g/mol. The molecule has 0 aliphatic heterocycles. The average Bonchev–Trinajstić information content (AvgIpc) is 2.65. The SMILES string of the molecule is [B]C(=O)N(CCOCCO)CCN(C)C(=O)OCc1ccc(NC)cc1. The number of likely N-dealkylation sites (N-methyl/N-ethyl adjacent to an activating group) is 1. The molecule has 2 N–H and O–H groups in total. The van der Waals surface area contributed by atoms with Gasteiger partial charge in [-0.25, -0.2) is 4.79 Å². The van der Waals surface area contributed by atoms with Crippen molar-refractivity contribution in [1.82, 2.24) is 9.80 Å². The zero-order valence-electron chi connectivity index (χ0n) is 15.3.